The largest absolute Gasteiger partial charge is 0.368 e. The molecular weight excluding hydrogens is 458 g/mol. The van der Waals surface area contributed by atoms with E-state index in [4.69, 9.17) is 4.84 Å². The fourth-order valence-electron chi connectivity index (χ4n) is 4.40. The van der Waals surface area contributed by atoms with Crippen molar-refractivity contribution in [1.82, 2.24) is 15.2 Å². The maximum atomic E-state index is 10.8. The van der Waals surface area contributed by atoms with Crippen molar-refractivity contribution in [2.45, 2.75) is 19.2 Å². The standard InChI is InChI=1S/C23H26BrN5O2/c1-14-13-29(9-8-25-14)10-11-31-28-21-16-4-2-3-5-18(16)26-22(21)20-17-12-15(24)6-7-19(17)27-23(20)30/h2-7,12,14,23,25-26,28,30H,8-11,13H2,1H3. The van der Waals surface area contributed by atoms with E-state index >= 15 is 0 Å². The van der Waals surface area contributed by atoms with Crippen molar-refractivity contribution in [1.29, 1.82) is 0 Å². The molecule has 1 fully saturated rings. The fraction of sp³-hybridized carbons (Fsp3) is 0.348. The highest BCUT2D eigenvalue weighted by atomic mass is 79.9. The number of fused-ring (bicyclic) bond motifs is 2. The van der Waals surface area contributed by atoms with Gasteiger partial charge in [0.2, 0.25) is 0 Å². The topological polar surface area (TPSA) is 84.9 Å². The van der Waals surface area contributed by atoms with Crippen molar-refractivity contribution < 1.29 is 9.94 Å². The number of rotatable bonds is 6. The van der Waals surface area contributed by atoms with Crippen molar-refractivity contribution in [2.24, 2.45) is 4.99 Å². The van der Waals surface area contributed by atoms with Gasteiger partial charge in [0.25, 0.3) is 0 Å². The summed E-state index contributed by atoms with van der Waals surface area (Å²) in [7, 11) is 0. The van der Waals surface area contributed by atoms with Crippen molar-refractivity contribution in [3.8, 4) is 0 Å². The van der Waals surface area contributed by atoms with Crippen LogP contribution in [0.25, 0.3) is 16.5 Å². The number of aromatic amines is 1. The maximum absolute atomic E-state index is 10.8. The average molecular weight is 484 g/mol. The van der Waals surface area contributed by atoms with E-state index in [-0.39, 0.29) is 0 Å². The van der Waals surface area contributed by atoms with E-state index in [9.17, 15) is 5.11 Å². The van der Waals surface area contributed by atoms with Crippen molar-refractivity contribution in [2.75, 3.05) is 38.3 Å². The van der Waals surface area contributed by atoms with E-state index in [1.807, 2.05) is 42.5 Å². The zero-order valence-corrected chi connectivity index (χ0v) is 18.9. The summed E-state index contributed by atoms with van der Waals surface area (Å²) >= 11 is 3.54. The van der Waals surface area contributed by atoms with Crippen LogP contribution in [0.15, 0.2) is 51.9 Å². The Hall–Kier alpha value is -2.23. The highest BCUT2D eigenvalue weighted by Crippen LogP contribution is 2.33. The predicted molar refractivity (Wildman–Crippen MR) is 125 cm³/mol. The quantitative estimate of drug-likeness (QED) is 0.317. The van der Waals surface area contributed by atoms with Crippen LogP contribution in [-0.4, -0.2) is 60.0 Å². The van der Waals surface area contributed by atoms with Gasteiger partial charge in [-0.2, -0.15) is 0 Å². The van der Waals surface area contributed by atoms with E-state index in [0.29, 0.717) is 12.6 Å². The van der Waals surface area contributed by atoms with E-state index in [1.165, 1.54) is 0 Å². The van der Waals surface area contributed by atoms with Gasteiger partial charge in [-0.25, -0.2) is 4.99 Å². The molecular formula is C23H26BrN5O2. The molecule has 2 aromatic carbocycles. The molecule has 2 aliphatic rings. The molecule has 0 bridgehead atoms. The van der Waals surface area contributed by atoms with Crippen molar-refractivity contribution >= 4 is 38.1 Å². The van der Waals surface area contributed by atoms with Gasteiger partial charge in [-0.3, -0.25) is 15.2 Å². The molecule has 2 aliphatic heterocycles. The molecule has 5 rings (SSSR count). The number of nitrogens with one attached hydrogen (secondary N) is 3. The Labute approximate surface area is 188 Å². The van der Waals surface area contributed by atoms with Crippen molar-refractivity contribution in [3.05, 3.63) is 63.2 Å². The zero-order valence-electron chi connectivity index (χ0n) is 17.4. The molecule has 3 heterocycles. The number of anilines is 1. The monoisotopic (exact) mass is 483 g/mol. The summed E-state index contributed by atoms with van der Waals surface area (Å²) in [6.45, 7) is 6.70. The highest BCUT2D eigenvalue weighted by Gasteiger charge is 2.25. The van der Waals surface area contributed by atoms with Gasteiger partial charge >= 0.3 is 0 Å². The molecule has 162 valence electrons. The van der Waals surface area contributed by atoms with Crippen molar-refractivity contribution in [3.63, 3.8) is 0 Å². The predicted octanol–water partition coefficient (Wildman–Crippen LogP) is 1.72. The van der Waals surface area contributed by atoms with Crippen LogP contribution in [0, 0.1) is 0 Å². The van der Waals surface area contributed by atoms with Crippen LogP contribution in [0.5, 0.6) is 0 Å². The number of aliphatic hydroxyl groups excluding tert-OH is 1. The van der Waals surface area contributed by atoms with Gasteiger partial charge in [0.15, 0.2) is 6.23 Å². The minimum absolute atomic E-state index is 0.505. The normalized spacial score (nSPS) is 21.3. The van der Waals surface area contributed by atoms with E-state index < -0.39 is 6.23 Å². The Bertz CT molecular complexity index is 1220. The number of para-hydroxylation sites is 1. The molecule has 8 heteroatoms. The molecule has 4 N–H and O–H groups in total. The molecule has 0 aliphatic carbocycles. The smallest absolute Gasteiger partial charge is 0.174 e. The first-order valence-corrected chi connectivity index (χ1v) is 11.4. The van der Waals surface area contributed by atoms with Gasteiger partial charge in [0.05, 0.1) is 23.3 Å². The minimum Gasteiger partial charge on any atom is -0.368 e. The third-order valence-electron chi connectivity index (χ3n) is 5.88. The van der Waals surface area contributed by atoms with Gasteiger partial charge in [-0.05, 0) is 31.2 Å². The van der Waals surface area contributed by atoms with Crippen LogP contribution in [0.2, 0.25) is 0 Å². The molecule has 1 aromatic heterocycles. The number of H-pyrrole nitrogens is 1. The SMILES string of the molecule is CC1CN(CCONc2c(C3=c4cc(Br)ccc4=NC3O)[nH]c3ccccc23)CCN1. The Morgan fingerprint density at radius 1 is 1.29 bits per heavy atom. The van der Waals surface area contributed by atoms with E-state index in [2.05, 4.69) is 48.5 Å². The number of benzene rings is 2. The van der Waals surface area contributed by atoms with Crippen LogP contribution in [-0.2, 0) is 4.84 Å². The molecule has 7 nitrogen and oxygen atoms in total. The number of hydrogen-bond donors (Lipinski definition) is 4. The van der Waals surface area contributed by atoms with Gasteiger partial charge in [0.1, 0.15) is 0 Å². The lowest BCUT2D eigenvalue weighted by molar-refractivity contribution is 0.127. The summed E-state index contributed by atoms with van der Waals surface area (Å²) < 4.78 is 0.945. The second kappa shape index (κ2) is 8.72. The number of nitrogens with zero attached hydrogens (tertiary/aromatic N) is 2. The number of hydrogen-bond acceptors (Lipinski definition) is 6. The lowest BCUT2D eigenvalue weighted by atomic mass is 10.1. The first-order chi connectivity index (χ1) is 15.1. The van der Waals surface area contributed by atoms with Gasteiger partial charge in [-0.1, -0.05) is 34.1 Å². The molecule has 0 saturated carbocycles. The summed E-state index contributed by atoms with van der Waals surface area (Å²) in [4.78, 5) is 16.2. The second-order valence-electron chi connectivity index (χ2n) is 8.10. The third-order valence-corrected chi connectivity index (χ3v) is 6.37. The Morgan fingerprint density at radius 3 is 3.03 bits per heavy atom. The molecule has 31 heavy (non-hydrogen) atoms. The zero-order chi connectivity index (χ0) is 21.4. The first kappa shape index (κ1) is 20.7. The Balaban J connectivity index is 1.44. The van der Waals surface area contributed by atoms with E-state index in [1.54, 1.807) is 0 Å². The number of piperazine rings is 1. The van der Waals surface area contributed by atoms with Crippen LogP contribution >= 0.6 is 15.9 Å². The van der Waals surface area contributed by atoms with Crippen LogP contribution in [0.1, 0.15) is 12.6 Å². The summed E-state index contributed by atoms with van der Waals surface area (Å²) in [5, 5.41) is 16.9. The Morgan fingerprint density at radius 2 is 2.16 bits per heavy atom. The molecule has 3 aromatic rings. The Kier molecular flexibility index (Phi) is 5.81. The third kappa shape index (κ3) is 4.14. The number of halogens is 1. The average Bonchev–Trinajstić information content (AvgIpc) is 3.27. The number of aromatic nitrogens is 1. The van der Waals surface area contributed by atoms with Gasteiger partial charge < -0.3 is 15.4 Å². The minimum atomic E-state index is -0.930. The van der Waals surface area contributed by atoms with Gasteiger partial charge in [-0.15, -0.1) is 0 Å². The molecule has 0 spiro atoms. The molecule has 0 radical (unpaired) electrons. The summed E-state index contributed by atoms with van der Waals surface area (Å²) in [5.41, 5.74) is 6.51. The van der Waals surface area contributed by atoms with E-state index in [0.717, 1.165) is 69.1 Å². The second-order valence-corrected chi connectivity index (χ2v) is 9.02. The first-order valence-electron chi connectivity index (χ1n) is 10.6. The highest BCUT2D eigenvalue weighted by molar-refractivity contribution is 9.10. The summed E-state index contributed by atoms with van der Waals surface area (Å²) in [5.74, 6) is 0. The molecule has 1 saturated heterocycles. The fourth-order valence-corrected chi connectivity index (χ4v) is 4.76. The summed E-state index contributed by atoms with van der Waals surface area (Å²) in [6, 6.07) is 14.4. The van der Waals surface area contributed by atoms with Crippen LogP contribution in [0.4, 0.5) is 5.69 Å². The lowest BCUT2D eigenvalue weighted by Crippen LogP contribution is -2.50. The molecule has 2 atom stereocenters. The molecule has 0 amide bonds. The maximum Gasteiger partial charge on any atom is 0.174 e. The number of aliphatic hydroxyl groups is 1. The molecule has 2 unspecified atom stereocenters. The lowest BCUT2D eigenvalue weighted by Gasteiger charge is -2.31. The summed E-state index contributed by atoms with van der Waals surface area (Å²) in [6.07, 6.45) is -0.930. The van der Waals surface area contributed by atoms with Crippen LogP contribution < -0.4 is 21.4 Å². The van der Waals surface area contributed by atoms with Gasteiger partial charge in [0, 0.05) is 58.4 Å². The van der Waals surface area contributed by atoms with Crippen LogP contribution in [0.3, 0.4) is 0 Å².